The van der Waals surface area contributed by atoms with Crippen molar-refractivity contribution in [3.05, 3.63) is 40.4 Å². The maximum atomic E-state index is 13.0. The molecule has 0 bridgehead atoms. The topological polar surface area (TPSA) is 96.4 Å². The molecule has 1 aromatic heterocycles. The quantitative estimate of drug-likeness (QED) is 0.695. The van der Waals surface area contributed by atoms with E-state index in [1.165, 1.54) is 31.2 Å². The number of hydrogen-bond donors (Lipinski definition) is 1. The summed E-state index contributed by atoms with van der Waals surface area (Å²) in [7, 11) is -3.58. The molecule has 1 fully saturated rings. The molecule has 29 heavy (non-hydrogen) atoms. The summed E-state index contributed by atoms with van der Waals surface area (Å²) in [6, 6.07) is 5.97. The summed E-state index contributed by atoms with van der Waals surface area (Å²) < 4.78 is 27.6. The van der Waals surface area contributed by atoms with E-state index in [0.29, 0.717) is 27.8 Å². The highest BCUT2D eigenvalue weighted by Gasteiger charge is 2.32. The monoisotopic (exact) mass is 435 g/mol. The van der Waals surface area contributed by atoms with Gasteiger partial charge in [0.15, 0.2) is 10.9 Å². The molecular formula is C20H25N3O4S2. The Morgan fingerprint density at radius 3 is 2.52 bits per heavy atom. The van der Waals surface area contributed by atoms with Crippen LogP contribution in [0.4, 0.5) is 5.13 Å². The number of piperidine rings is 1. The maximum absolute atomic E-state index is 13.0. The molecule has 1 aromatic carbocycles. The van der Waals surface area contributed by atoms with Gasteiger partial charge < -0.3 is 0 Å². The van der Waals surface area contributed by atoms with Crippen molar-refractivity contribution in [2.75, 3.05) is 11.9 Å². The number of nitrogens with zero attached hydrogens (tertiary/aromatic N) is 2. The van der Waals surface area contributed by atoms with Gasteiger partial charge in [0.05, 0.1) is 15.5 Å². The maximum Gasteiger partial charge on any atom is 0.257 e. The predicted octanol–water partition coefficient (Wildman–Crippen LogP) is 3.86. The molecule has 1 N–H and O–H groups in total. The Labute approximate surface area is 175 Å². The second-order valence-corrected chi connectivity index (χ2v) is 10.0. The Kier molecular flexibility index (Phi) is 6.50. The number of nitrogens with one attached hydrogen (secondary N) is 1. The van der Waals surface area contributed by atoms with Crippen LogP contribution in [-0.4, -0.2) is 42.0 Å². The van der Waals surface area contributed by atoms with Crippen molar-refractivity contribution in [3.8, 4) is 0 Å². The molecule has 1 saturated heterocycles. The SMILES string of the molecule is CCC1CCCCN1S(=O)(=O)c1ccc(C(=O)Nc2nc(C)c(C(C)=O)s2)cc1. The van der Waals surface area contributed by atoms with E-state index in [2.05, 4.69) is 10.3 Å². The highest BCUT2D eigenvalue weighted by atomic mass is 32.2. The lowest BCUT2D eigenvalue weighted by atomic mass is 10.0. The molecule has 1 aliphatic rings. The molecule has 1 unspecified atom stereocenters. The number of aromatic nitrogens is 1. The molecule has 1 aliphatic heterocycles. The molecule has 0 spiro atoms. The lowest BCUT2D eigenvalue weighted by Crippen LogP contribution is -2.43. The van der Waals surface area contributed by atoms with Crippen LogP contribution in [-0.2, 0) is 10.0 Å². The summed E-state index contributed by atoms with van der Waals surface area (Å²) in [5.74, 6) is -0.500. The van der Waals surface area contributed by atoms with Crippen LogP contribution in [0.2, 0.25) is 0 Å². The average Bonchev–Trinajstić information content (AvgIpc) is 3.08. The van der Waals surface area contributed by atoms with Gasteiger partial charge >= 0.3 is 0 Å². The molecule has 3 rings (SSSR count). The van der Waals surface area contributed by atoms with E-state index in [-0.39, 0.29) is 16.7 Å². The number of ketones is 1. The van der Waals surface area contributed by atoms with Crippen LogP contribution < -0.4 is 5.32 Å². The molecule has 156 valence electrons. The molecule has 2 heterocycles. The number of rotatable bonds is 6. The molecule has 0 saturated carbocycles. The van der Waals surface area contributed by atoms with Crippen molar-refractivity contribution in [2.45, 2.75) is 57.4 Å². The van der Waals surface area contributed by atoms with Gasteiger partial charge in [-0.15, -0.1) is 0 Å². The van der Waals surface area contributed by atoms with E-state index in [1.807, 2.05) is 6.92 Å². The zero-order chi connectivity index (χ0) is 21.2. The van der Waals surface area contributed by atoms with E-state index >= 15 is 0 Å². The van der Waals surface area contributed by atoms with Crippen molar-refractivity contribution in [1.29, 1.82) is 0 Å². The van der Waals surface area contributed by atoms with Gasteiger partial charge in [0.25, 0.3) is 5.91 Å². The number of thiazole rings is 1. The first-order valence-corrected chi connectivity index (χ1v) is 11.9. The molecule has 7 nitrogen and oxygen atoms in total. The lowest BCUT2D eigenvalue weighted by Gasteiger charge is -2.34. The summed E-state index contributed by atoms with van der Waals surface area (Å²) in [4.78, 5) is 28.9. The normalized spacial score (nSPS) is 17.8. The fourth-order valence-electron chi connectivity index (χ4n) is 3.56. The van der Waals surface area contributed by atoms with E-state index in [1.54, 1.807) is 11.2 Å². The minimum Gasteiger partial charge on any atom is -0.298 e. The van der Waals surface area contributed by atoms with Crippen LogP contribution in [0.5, 0.6) is 0 Å². The van der Waals surface area contributed by atoms with Crippen molar-refractivity contribution in [3.63, 3.8) is 0 Å². The smallest absolute Gasteiger partial charge is 0.257 e. The fraction of sp³-hybridized carbons (Fsp3) is 0.450. The van der Waals surface area contributed by atoms with Crippen molar-refractivity contribution < 1.29 is 18.0 Å². The highest BCUT2D eigenvalue weighted by molar-refractivity contribution is 7.89. The van der Waals surface area contributed by atoms with Crippen molar-refractivity contribution in [2.24, 2.45) is 0 Å². The molecule has 1 amide bonds. The summed E-state index contributed by atoms with van der Waals surface area (Å²) in [5.41, 5.74) is 0.901. The number of hydrogen-bond acceptors (Lipinski definition) is 6. The van der Waals surface area contributed by atoms with Crippen LogP contribution in [0.1, 0.15) is 65.3 Å². The number of Topliss-reactive ketones (excluding diaryl/α,β-unsaturated/α-hetero) is 1. The predicted molar refractivity (Wildman–Crippen MR) is 113 cm³/mol. The Morgan fingerprint density at radius 1 is 1.24 bits per heavy atom. The van der Waals surface area contributed by atoms with Gasteiger partial charge in [0, 0.05) is 25.1 Å². The Bertz CT molecular complexity index is 1010. The van der Waals surface area contributed by atoms with Gasteiger partial charge in [-0.2, -0.15) is 4.31 Å². The van der Waals surface area contributed by atoms with Crippen molar-refractivity contribution >= 4 is 38.2 Å². The highest BCUT2D eigenvalue weighted by Crippen LogP contribution is 2.27. The van der Waals surface area contributed by atoms with Crippen LogP contribution in [0.15, 0.2) is 29.2 Å². The van der Waals surface area contributed by atoms with Crippen LogP contribution in [0.3, 0.4) is 0 Å². The number of sulfonamides is 1. The standard InChI is InChI=1S/C20H25N3O4S2/c1-4-16-7-5-6-12-23(16)29(26,27)17-10-8-15(9-11-17)19(25)22-20-21-13(2)18(28-20)14(3)24/h8-11,16H,4-7,12H2,1-3H3,(H,21,22,25). The van der Waals surface area contributed by atoms with Crippen LogP contribution in [0.25, 0.3) is 0 Å². The Morgan fingerprint density at radius 2 is 1.93 bits per heavy atom. The third kappa shape index (κ3) is 4.57. The first-order chi connectivity index (χ1) is 13.7. The Hall–Kier alpha value is -2.10. The summed E-state index contributed by atoms with van der Waals surface area (Å²) in [5, 5.41) is 3.01. The largest absolute Gasteiger partial charge is 0.298 e. The van der Waals surface area contributed by atoms with Gasteiger partial charge in [0.2, 0.25) is 10.0 Å². The minimum atomic E-state index is -3.58. The van der Waals surface area contributed by atoms with Crippen molar-refractivity contribution in [1.82, 2.24) is 9.29 Å². The van der Waals surface area contributed by atoms with E-state index < -0.39 is 15.9 Å². The molecular weight excluding hydrogens is 410 g/mol. The van der Waals surface area contributed by atoms with Gasteiger partial charge in [-0.05, 0) is 50.5 Å². The van der Waals surface area contributed by atoms with E-state index in [9.17, 15) is 18.0 Å². The minimum absolute atomic E-state index is 0.0281. The number of carbonyl (C=O) groups is 2. The fourth-order valence-corrected chi connectivity index (χ4v) is 6.18. The summed E-state index contributed by atoms with van der Waals surface area (Å²) in [6.07, 6.45) is 3.58. The lowest BCUT2D eigenvalue weighted by molar-refractivity contribution is 0.101. The zero-order valence-electron chi connectivity index (χ0n) is 16.8. The average molecular weight is 436 g/mol. The number of benzene rings is 1. The number of anilines is 1. The number of amides is 1. The summed E-state index contributed by atoms with van der Waals surface area (Å²) in [6.45, 7) is 5.71. The van der Waals surface area contributed by atoms with Gasteiger partial charge in [-0.25, -0.2) is 13.4 Å². The molecule has 0 radical (unpaired) electrons. The molecule has 2 aromatic rings. The third-order valence-electron chi connectivity index (χ3n) is 5.10. The van der Waals surface area contributed by atoms with Crippen LogP contribution in [0, 0.1) is 6.92 Å². The van der Waals surface area contributed by atoms with E-state index in [4.69, 9.17) is 0 Å². The number of aryl methyl sites for hydroxylation is 1. The van der Waals surface area contributed by atoms with Gasteiger partial charge in [0.1, 0.15) is 0 Å². The number of carbonyl (C=O) groups excluding carboxylic acids is 2. The summed E-state index contributed by atoms with van der Waals surface area (Å²) >= 11 is 1.12. The third-order valence-corrected chi connectivity index (χ3v) is 8.24. The van der Waals surface area contributed by atoms with E-state index in [0.717, 1.165) is 37.0 Å². The Balaban J connectivity index is 1.76. The first kappa shape index (κ1) is 21.6. The zero-order valence-corrected chi connectivity index (χ0v) is 18.4. The second-order valence-electron chi connectivity index (χ2n) is 7.14. The first-order valence-electron chi connectivity index (χ1n) is 9.65. The van der Waals surface area contributed by atoms with Gasteiger partial charge in [-0.3, -0.25) is 14.9 Å². The molecule has 0 aliphatic carbocycles. The molecule has 9 heteroatoms. The second kappa shape index (κ2) is 8.73. The van der Waals surface area contributed by atoms with Crippen LogP contribution >= 0.6 is 11.3 Å². The molecule has 1 atom stereocenters. The van der Waals surface area contributed by atoms with Gasteiger partial charge in [-0.1, -0.05) is 24.7 Å².